The summed E-state index contributed by atoms with van der Waals surface area (Å²) in [4.78, 5) is 31.5. The van der Waals surface area contributed by atoms with E-state index in [9.17, 15) is 22.8 Å². The highest BCUT2D eigenvalue weighted by Crippen LogP contribution is 2.30. The maximum absolute atomic E-state index is 12.8. The molecule has 1 aliphatic rings. The van der Waals surface area contributed by atoms with E-state index in [4.69, 9.17) is 27.6 Å². The summed E-state index contributed by atoms with van der Waals surface area (Å²) in [7, 11) is 0. The van der Waals surface area contributed by atoms with E-state index in [1.165, 1.54) is 6.07 Å². The summed E-state index contributed by atoms with van der Waals surface area (Å²) < 4.78 is 43.8. The van der Waals surface area contributed by atoms with Crippen molar-refractivity contribution in [1.82, 2.24) is 14.9 Å². The predicted molar refractivity (Wildman–Crippen MR) is 100 cm³/mol. The van der Waals surface area contributed by atoms with E-state index < -0.39 is 23.2 Å². The molecular weight excluding hydrogens is 434 g/mol. The highest BCUT2D eigenvalue weighted by atomic mass is 35.5. The molecule has 0 saturated carbocycles. The molecule has 0 amide bonds. The topological polar surface area (TPSA) is 79.2 Å². The average Bonchev–Trinajstić information content (AvgIpc) is 2.65. The minimum Gasteiger partial charge on any atom is -0.422 e. The molecular formula is C18H12Cl2F3N3O3. The Kier molecular flexibility index (Phi) is 4.92. The minimum atomic E-state index is -4.73. The Morgan fingerprint density at radius 1 is 1.24 bits per heavy atom. The molecule has 0 fully saturated rings. The lowest BCUT2D eigenvalue weighted by Gasteiger charge is -2.27. The van der Waals surface area contributed by atoms with E-state index in [1.54, 1.807) is 22.0 Å². The highest BCUT2D eigenvalue weighted by Gasteiger charge is 2.36. The molecule has 1 aromatic carbocycles. The van der Waals surface area contributed by atoms with E-state index >= 15 is 0 Å². The van der Waals surface area contributed by atoms with Gasteiger partial charge < -0.3 is 9.40 Å². The fraction of sp³-hybridized carbons (Fsp3) is 0.278. The van der Waals surface area contributed by atoms with E-state index in [2.05, 4.69) is 4.98 Å². The van der Waals surface area contributed by atoms with Crippen LogP contribution in [-0.2, 0) is 25.7 Å². The first-order chi connectivity index (χ1) is 13.6. The zero-order valence-corrected chi connectivity index (χ0v) is 16.1. The highest BCUT2D eigenvalue weighted by molar-refractivity contribution is 6.37. The van der Waals surface area contributed by atoms with Crippen molar-refractivity contribution in [2.24, 2.45) is 0 Å². The Balaban J connectivity index is 1.66. The Labute approximate surface area is 170 Å². The van der Waals surface area contributed by atoms with Crippen molar-refractivity contribution >= 4 is 34.2 Å². The second-order valence-electron chi connectivity index (χ2n) is 6.62. The average molecular weight is 446 g/mol. The van der Waals surface area contributed by atoms with Gasteiger partial charge in [-0.15, -0.1) is 0 Å². The maximum atomic E-state index is 12.8. The van der Waals surface area contributed by atoms with Crippen LogP contribution in [0.3, 0.4) is 0 Å². The zero-order chi connectivity index (χ0) is 20.9. The Hall–Kier alpha value is -2.36. The van der Waals surface area contributed by atoms with Gasteiger partial charge in [0.05, 0.1) is 21.8 Å². The van der Waals surface area contributed by atoms with Gasteiger partial charge in [0.2, 0.25) is 5.82 Å². The molecule has 3 heterocycles. The molecule has 0 radical (unpaired) electrons. The van der Waals surface area contributed by atoms with Crippen LogP contribution in [-0.4, -0.2) is 21.4 Å². The van der Waals surface area contributed by atoms with Crippen LogP contribution in [0.5, 0.6) is 0 Å². The lowest BCUT2D eigenvalue weighted by molar-refractivity contribution is -0.145. The summed E-state index contributed by atoms with van der Waals surface area (Å²) in [6.07, 6.45) is -4.60. The standard InChI is InChI=1S/C18H12Cl2F3N3O3/c19-8-1-2-13-9(5-8)14(20)11(16(28)29-13)7-26-4-3-12-10(6-26)15(27)25-17(24-12)18(21,22)23/h1-2,5H,3-4,6-7H2,(H,24,25,27). The number of hydrogen-bond donors (Lipinski definition) is 1. The second-order valence-corrected chi connectivity index (χ2v) is 7.44. The van der Waals surface area contributed by atoms with Crippen molar-refractivity contribution in [2.75, 3.05) is 6.54 Å². The van der Waals surface area contributed by atoms with Crippen molar-refractivity contribution in [3.8, 4) is 0 Å². The van der Waals surface area contributed by atoms with Gasteiger partial charge in [-0.1, -0.05) is 23.2 Å². The molecule has 6 nitrogen and oxygen atoms in total. The third-order valence-corrected chi connectivity index (χ3v) is 5.36. The number of halogens is 5. The first kappa shape index (κ1) is 19.9. The number of alkyl halides is 3. The van der Waals surface area contributed by atoms with Gasteiger partial charge in [-0.25, -0.2) is 9.78 Å². The van der Waals surface area contributed by atoms with Gasteiger partial charge in [0, 0.05) is 36.5 Å². The number of nitrogens with zero attached hydrogens (tertiary/aromatic N) is 2. The Bertz CT molecular complexity index is 1240. The normalized spacial score (nSPS) is 14.9. The molecule has 0 spiro atoms. The number of hydrogen-bond acceptors (Lipinski definition) is 5. The molecule has 4 rings (SSSR count). The monoisotopic (exact) mass is 445 g/mol. The van der Waals surface area contributed by atoms with Crippen LogP contribution < -0.4 is 11.2 Å². The van der Waals surface area contributed by atoms with E-state index in [0.29, 0.717) is 17.0 Å². The van der Waals surface area contributed by atoms with Crippen LogP contribution >= 0.6 is 23.2 Å². The van der Waals surface area contributed by atoms with Crippen molar-refractivity contribution in [3.05, 3.63) is 71.7 Å². The van der Waals surface area contributed by atoms with E-state index in [1.807, 2.05) is 0 Å². The van der Waals surface area contributed by atoms with Crippen molar-refractivity contribution in [1.29, 1.82) is 0 Å². The molecule has 29 heavy (non-hydrogen) atoms. The fourth-order valence-electron chi connectivity index (χ4n) is 3.28. The molecule has 0 bridgehead atoms. The number of fused-ring (bicyclic) bond motifs is 2. The molecule has 3 aromatic rings. The quantitative estimate of drug-likeness (QED) is 0.607. The molecule has 152 valence electrons. The van der Waals surface area contributed by atoms with Crippen molar-refractivity contribution in [3.63, 3.8) is 0 Å². The summed E-state index contributed by atoms with van der Waals surface area (Å²) in [5.41, 5.74) is -0.779. The molecule has 0 atom stereocenters. The van der Waals surface area contributed by atoms with Gasteiger partial charge in [0.1, 0.15) is 5.58 Å². The number of H-pyrrole nitrogens is 1. The smallest absolute Gasteiger partial charge is 0.422 e. The first-order valence-corrected chi connectivity index (χ1v) is 9.21. The van der Waals surface area contributed by atoms with Crippen LogP contribution in [0.15, 0.2) is 32.2 Å². The number of nitrogens with one attached hydrogen (secondary N) is 1. The molecule has 1 aliphatic heterocycles. The van der Waals surface area contributed by atoms with Crippen LogP contribution in [0.1, 0.15) is 22.6 Å². The van der Waals surface area contributed by atoms with E-state index in [-0.39, 0.29) is 46.9 Å². The lowest BCUT2D eigenvalue weighted by Crippen LogP contribution is -2.37. The van der Waals surface area contributed by atoms with Gasteiger partial charge in [-0.05, 0) is 18.2 Å². The SMILES string of the molecule is O=c1[nH]c(C(F)(F)F)nc2c1CN(Cc1c(Cl)c3cc(Cl)ccc3oc1=O)CC2. The van der Waals surface area contributed by atoms with Crippen molar-refractivity contribution < 1.29 is 17.6 Å². The van der Waals surface area contributed by atoms with Crippen LogP contribution in [0.4, 0.5) is 13.2 Å². The molecule has 0 unspecified atom stereocenters. The molecule has 0 saturated heterocycles. The van der Waals surface area contributed by atoms with Gasteiger partial charge in [-0.2, -0.15) is 13.2 Å². The second kappa shape index (κ2) is 7.16. The Morgan fingerprint density at radius 2 is 2.00 bits per heavy atom. The Morgan fingerprint density at radius 3 is 2.72 bits per heavy atom. The third-order valence-electron chi connectivity index (χ3n) is 4.69. The molecule has 2 aromatic heterocycles. The predicted octanol–water partition coefficient (Wildman–Crippen LogP) is 3.76. The molecule has 11 heteroatoms. The number of rotatable bonds is 2. The van der Waals surface area contributed by atoms with Gasteiger partial charge in [0.25, 0.3) is 5.56 Å². The minimum absolute atomic E-state index is 0.0269. The van der Waals surface area contributed by atoms with E-state index in [0.717, 1.165) is 0 Å². The summed E-state index contributed by atoms with van der Waals surface area (Å²) in [6.45, 7) is 0.382. The van der Waals surface area contributed by atoms with Gasteiger partial charge in [0.15, 0.2) is 0 Å². The number of aromatic nitrogens is 2. The first-order valence-electron chi connectivity index (χ1n) is 8.46. The van der Waals surface area contributed by atoms with Gasteiger partial charge >= 0.3 is 11.8 Å². The van der Waals surface area contributed by atoms with Crippen molar-refractivity contribution in [2.45, 2.75) is 25.7 Å². The summed E-state index contributed by atoms with van der Waals surface area (Å²) in [5, 5.41) is 1.08. The molecule has 1 N–H and O–H groups in total. The number of aromatic amines is 1. The summed E-state index contributed by atoms with van der Waals surface area (Å²) in [6, 6.07) is 4.68. The summed E-state index contributed by atoms with van der Waals surface area (Å²) in [5.74, 6) is -1.32. The number of benzene rings is 1. The van der Waals surface area contributed by atoms with Crippen LogP contribution in [0.25, 0.3) is 11.0 Å². The maximum Gasteiger partial charge on any atom is 0.449 e. The zero-order valence-electron chi connectivity index (χ0n) is 14.6. The van der Waals surface area contributed by atoms with Crippen LogP contribution in [0.2, 0.25) is 10.0 Å². The largest absolute Gasteiger partial charge is 0.449 e. The lowest BCUT2D eigenvalue weighted by atomic mass is 10.1. The fourth-order valence-corrected chi connectivity index (χ4v) is 3.74. The third kappa shape index (κ3) is 3.77. The van der Waals surface area contributed by atoms with Crippen LogP contribution in [0, 0.1) is 0 Å². The molecule has 0 aliphatic carbocycles. The van der Waals surface area contributed by atoms with Gasteiger partial charge in [-0.3, -0.25) is 9.69 Å². The summed E-state index contributed by atoms with van der Waals surface area (Å²) >= 11 is 12.4.